The summed E-state index contributed by atoms with van der Waals surface area (Å²) in [6.45, 7) is 5.65. The zero-order valence-electron chi connectivity index (χ0n) is 15.6. The minimum Gasteiger partial charge on any atom is -0.336 e. The lowest BCUT2D eigenvalue weighted by Gasteiger charge is -2.33. The molecule has 0 aliphatic carbocycles. The number of nitrogens with zero attached hydrogens (tertiary/aromatic N) is 4. The largest absolute Gasteiger partial charge is 0.435 e. The second kappa shape index (κ2) is 7.21. The van der Waals surface area contributed by atoms with E-state index in [9.17, 15) is 18.0 Å². The summed E-state index contributed by atoms with van der Waals surface area (Å²) < 4.78 is 42.4. The van der Waals surface area contributed by atoms with Gasteiger partial charge in [0.1, 0.15) is 0 Å². The number of aromatic nitrogens is 2. The van der Waals surface area contributed by atoms with Crippen molar-refractivity contribution < 1.29 is 18.0 Å². The van der Waals surface area contributed by atoms with Crippen LogP contribution in [0.3, 0.4) is 0 Å². The Balaban J connectivity index is 1.98. The van der Waals surface area contributed by atoms with Crippen LogP contribution in [0.25, 0.3) is 0 Å². The van der Waals surface area contributed by atoms with Crippen molar-refractivity contribution in [3.8, 4) is 0 Å². The molecular weight excluding hydrogens is 345 g/mol. The van der Waals surface area contributed by atoms with Gasteiger partial charge in [-0.25, -0.2) is 0 Å². The third kappa shape index (κ3) is 3.61. The molecule has 0 spiro atoms. The van der Waals surface area contributed by atoms with Crippen molar-refractivity contribution in [2.24, 2.45) is 0 Å². The molecule has 1 atom stereocenters. The van der Waals surface area contributed by atoms with E-state index in [2.05, 4.69) is 10.00 Å². The summed E-state index contributed by atoms with van der Waals surface area (Å²) in [7, 11) is 2.00. The van der Waals surface area contributed by atoms with Gasteiger partial charge in [-0.15, -0.1) is 0 Å². The van der Waals surface area contributed by atoms with Gasteiger partial charge >= 0.3 is 6.18 Å². The fraction of sp³-hybridized carbons (Fsp3) is 0.778. The van der Waals surface area contributed by atoms with Gasteiger partial charge in [-0.05, 0) is 66.1 Å². The Hall–Kier alpha value is -1.57. The molecule has 2 saturated heterocycles. The Morgan fingerprint density at radius 1 is 1.12 bits per heavy atom. The second-order valence-electron chi connectivity index (χ2n) is 7.63. The van der Waals surface area contributed by atoms with Gasteiger partial charge in [-0.2, -0.15) is 18.3 Å². The zero-order valence-corrected chi connectivity index (χ0v) is 15.6. The van der Waals surface area contributed by atoms with E-state index in [0.29, 0.717) is 12.2 Å². The van der Waals surface area contributed by atoms with Crippen molar-refractivity contribution >= 4 is 5.91 Å². The van der Waals surface area contributed by atoms with Crippen molar-refractivity contribution in [3.63, 3.8) is 0 Å². The third-order valence-electron chi connectivity index (χ3n) is 5.73. The van der Waals surface area contributed by atoms with Crippen LogP contribution in [-0.2, 0) is 6.18 Å². The first-order chi connectivity index (χ1) is 12.2. The van der Waals surface area contributed by atoms with Gasteiger partial charge in [0.05, 0.1) is 11.6 Å². The first-order valence-electron chi connectivity index (χ1n) is 9.36. The van der Waals surface area contributed by atoms with Gasteiger partial charge in [0.15, 0.2) is 5.69 Å². The Bertz CT molecular complexity index is 662. The van der Waals surface area contributed by atoms with E-state index in [1.54, 1.807) is 11.8 Å². The predicted octanol–water partition coefficient (Wildman–Crippen LogP) is 3.49. The highest BCUT2D eigenvalue weighted by molar-refractivity contribution is 5.97. The van der Waals surface area contributed by atoms with Gasteiger partial charge in [0.25, 0.3) is 5.91 Å². The van der Waals surface area contributed by atoms with Crippen molar-refractivity contribution in [2.75, 3.05) is 26.7 Å². The van der Waals surface area contributed by atoms with Crippen LogP contribution in [0.5, 0.6) is 0 Å². The number of halogens is 3. The molecule has 1 aromatic rings. The highest BCUT2D eigenvalue weighted by Gasteiger charge is 2.43. The van der Waals surface area contributed by atoms with Crippen LogP contribution >= 0.6 is 0 Å². The smallest absolute Gasteiger partial charge is 0.336 e. The number of carbonyl (C=O) groups excluding carboxylic acids is 1. The highest BCUT2D eigenvalue weighted by Crippen LogP contribution is 2.36. The second-order valence-corrected chi connectivity index (χ2v) is 7.63. The SMILES string of the molecule is Cc1c(C(=O)N2CCCC[C@H]2C)c(C(F)(F)F)nn1C1CCN(C)CC1. The quantitative estimate of drug-likeness (QED) is 0.798. The fourth-order valence-corrected chi connectivity index (χ4v) is 4.11. The van der Waals surface area contributed by atoms with Crippen LogP contribution in [0, 0.1) is 6.92 Å². The van der Waals surface area contributed by atoms with Crippen LogP contribution in [0.2, 0.25) is 0 Å². The van der Waals surface area contributed by atoms with E-state index in [0.717, 1.165) is 45.2 Å². The molecule has 2 fully saturated rings. The van der Waals surface area contributed by atoms with Crippen molar-refractivity contribution in [1.82, 2.24) is 19.6 Å². The average molecular weight is 372 g/mol. The van der Waals surface area contributed by atoms with Crippen LogP contribution in [0.15, 0.2) is 0 Å². The number of amides is 1. The molecule has 0 radical (unpaired) electrons. The topological polar surface area (TPSA) is 41.4 Å². The van der Waals surface area contributed by atoms with Gasteiger partial charge < -0.3 is 9.80 Å². The van der Waals surface area contributed by atoms with Crippen LogP contribution in [0.1, 0.15) is 66.8 Å². The lowest BCUT2D eigenvalue weighted by atomic mass is 10.0. The van der Waals surface area contributed by atoms with E-state index in [4.69, 9.17) is 0 Å². The summed E-state index contributed by atoms with van der Waals surface area (Å²) in [5, 5.41) is 3.90. The summed E-state index contributed by atoms with van der Waals surface area (Å²) in [6.07, 6.45) is -0.487. The molecule has 1 amide bonds. The lowest BCUT2D eigenvalue weighted by Crippen LogP contribution is -2.42. The van der Waals surface area contributed by atoms with Gasteiger partial charge in [-0.1, -0.05) is 0 Å². The number of likely N-dealkylation sites (tertiary alicyclic amines) is 2. The molecule has 26 heavy (non-hydrogen) atoms. The van der Waals surface area contributed by atoms with E-state index in [1.807, 2.05) is 14.0 Å². The van der Waals surface area contributed by atoms with Crippen molar-refractivity contribution in [3.05, 3.63) is 17.0 Å². The summed E-state index contributed by atoms with van der Waals surface area (Å²) >= 11 is 0. The number of carbonyl (C=O) groups is 1. The third-order valence-corrected chi connectivity index (χ3v) is 5.73. The Labute approximate surface area is 152 Å². The van der Waals surface area contributed by atoms with Gasteiger partial charge in [0.2, 0.25) is 0 Å². The molecule has 0 bridgehead atoms. The van der Waals surface area contributed by atoms with Gasteiger partial charge in [0, 0.05) is 18.3 Å². The molecule has 8 heteroatoms. The first-order valence-corrected chi connectivity index (χ1v) is 9.36. The number of rotatable bonds is 2. The van der Waals surface area contributed by atoms with Crippen LogP contribution < -0.4 is 0 Å². The average Bonchev–Trinajstić information content (AvgIpc) is 2.93. The van der Waals surface area contributed by atoms with E-state index < -0.39 is 17.8 Å². The maximum absolute atomic E-state index is 13.6. The first kappa shape index (κ1) is 19.2. The summed E-state index contributed by atoms with van der Waals surface area (Å²) in [4.78, 5) is 16.8. The minimum absolute atomic E-state index is 0.0385. The van der Waals surface area contributed by atoms with Gasteiger partial charge in [-0.3, -0.25) is 9.48 Å². The summed E-state index contributed by atoms with van der Waals surface area (Å²) in [6, 6.07) is -0.129. The Morgan fingerprint density at radius 2 is 1.77 bits per heavy atom. The maximum atomic E-state index is 13.6. The van der Waals surface area contributed by atoms with Crippen molar-refractivity contribution in [1.29, 1.82) is 0 Å². The number of hydrogen-bond donors (Lipinski definition) is 0. The molecule has 5 nitrogen and oxygen atoms in total. The molecular formula is C18H27F3N4O. The van der Waals surface area contributed by atoms with E-state index >= 15 is 0 Å². The summed E-state index contributed by atoms with van der Waals surface area (Å²) in [5.74, 6) is -0.527. The highest BCUT2D eigenvalue weighted by atomic mass is 19.4. The molecule has 3 heterocycles. The fourth-order valence-electron chi connectivity index (χ4n) is 4.11. The molecule has 146 valence electrons. The molecule has 1 aromatic heterocycles. The summed E-state index contributed by atoms with van der Waals surface area (Å²) in [5.41, 5.74) is -0.948. The molecule has 0 saturated carbocycles. The minimum atomic E-state index is -4.63. The number of alkyl halides is 3. The van der Waals surface area contributed by atoms with Crippen molar-refractivity contribution in [2.45, 2.75) is 64.2 Å². The molecule has 0 unspecified atom stereocenters. The zero-order chi connectivity index (χ0) is 19.1. The molecule has 0 N–H and O–H groups in total. The molecule has 2 aliphatic rings. The number of piperidine rings is 2. The van der Waals surface area contributed by atoms with Crippen LogP contribution in [-0.4, -0.2) is 58.2 Å². The van der Waals surface area contributed by atoms with E-state index in [1.165, 1.54) is 4.68 Å². The predicted molar refractivity (Wildman–Crippen MR) is 92.1 cm³/mol. The molecule has 2 aliphatic heterocycles. The number of hydrogen-bond acceptors (Lipinski definition) is 3. The standard InChI is InChI=1S/C18H27F3N4O/c1-12-6-4-5-9-24(12)17(26)15-13(2)25(22-16(15)18(19,20)21)14-7-10-23(3)11-8-14/h12,14H,4-11H2,1-3H3/t12-/m1/s1. The Kier molecular flexibility index (Phi) is 5.33. The van der Waals surface area contributed by atoms with E-state index in [-0.39, 0.29) is 17.6 Å². The maximum Gasteiger partial charge on any atom is 0.435 e. The monoisotopic (exact) mass is 372 g/mol. The van der Waals surface area contributed by atoms with Crippen LogP contribution in [0.4, 0.5) is 13.2 Å². The normalized spacial score (nSPS) is 23.5. The molecule has 3 rings (SSSR count). The lowest BCUT2D eigenvalue weighted by molar-refractivity contribution is -0.142. The Morgan fingerprint density at radius 3 is 2.35 bits per heavy atom. The molecule has 0 aromatic carbocycles.